The topological polar surface area (TPSA) is 91.8 Å². The van der Waals surface area contributed by atoms with Gasteiger partial charge in [0.15, 0.2) is 11.5 Å². The Labute approximate surface area is 109 Å². The number of ether oxygens (including phenoxy) is 2. The van der Waals surface area contributed by atoms with Crippen molar-refractivity contribution in [2.75, 3.05) is 7.11 Å². The van der Waals surface area contributed by atoms with Crippen molar-refractivity contribution < 1.29 is 9.47 Å². The van der Waals surface area contributed by atoms with Gasteiger partial charge in [-0.15, -0.1) is 0 Å². The van der Waals surface area contributed by atoms with E-state index in [0.717, 1.165) is 0 Å². The van der Waals surface area contributed by atoms with Crippen LogP contribution in [-0.4, -0.2) is 17.1 Å². The van der Waals surface area contributed by atoms with Gasteiger partial charge in [0, 0.05) is 18.5 Å². The minimum Gasteiger partial charge on any atom is -0.493 e. The van der Waals surface area contributed by atoms with E-state index in [1.807, 2.05) is 12.1 Å². The van der Waals surface area contributed by atoms with Crippen molar-refractivity contribution in [2.24, 2.45) is 0 Å². The van der Waals surface area contributed by atoms with Crippen LogP contribution in [0.4, 0.5) is 0 Å². The first-order valence-corrected chi connectivity index (χ1v) is 5.25. The van der Waals surface area contributed by atoms with Crippen molar-refractivity contribution in [3.8, 4) is 29.5 Å². The first kappa shape index (κ1) is 12.3. The third-order valence-electron chi connectivity index (χ3n) is 2.27. The van der Waals surface area contributed by atoms with Crippen molar-refractivity contribution in [3.05, 3.63) is 41.9 Å². The van der Waals surface area contributed by atoms with E-state index in [9.17, 15) is 0 Å². The monoisotopic (exact) mass is 252 g/mol. The number of hydrogen-bond donors (Lipinski definition) is 0. The van der Waals surface area contributed by atoms with Crippen molar-refractivity contribution in [1.82, 2.24) is 9.97 Å². The molecular formula is C13H8N4O2. The number of aromatic nitrogens is 2. The Kier molecular flexibility index (Phi) is 3.56. The molecule has 0 saturated carbocycles. The maximum Gasteiger partial charge on any atom is 0.256 e. The van der Waals surface area contributed by atoms with Crippen LogP contribution in [0.15, 0.2) is 30.6 Å². The summed E-state index contributed by atoms with van der Waals surface area (Å²) in [7, 11) is 1.46. The van der Waals surface area contributed by atoms with Gasteiger partial charge in [-0.3, -0.25) is 0 Å². The molecule has 0 radical (unpaired) electrons. The summed E-state index contributed by atoms with van der Waals surface area (Å²) < 4.78 is 10.6. The van der Waals surface area contributed by atoms with Crippen molar-refractivity contribution in [1.29, 1.82) is 10.5 Å². The van der Waals surface area contributed by atoms with Gasteiger partial charge in [0.25, 0.3) is 5.88 Å². The van der Waals surface area contributed by atoms with Crippen molar-refractivity contribution in [2.45, 2.75) is 0 Å². The highest BCUT2D eigenvalue weighted by atomic mass is 16.5. The number of nitrogens with zero attached hydrogens (tertiary/aromatic N) is 4. The van der Waals surface area contributed by atoms with Gasteiger partial charge < -0.3 is 9.47 Å². The highest BCUT2D eigenvalue weighted by Gasteiger charge is 2.11. The number of hydrogen-bond acceptors (Lipinski definition) is 6. The zero-order chi connectivity index (χ0) is 13.7. The molecule has 0 N–H and O–H groups in total. The minimum atomic E-state index is 0.0777. The van der Waals surface area contributed by atoms with Crippen LogP contribution in [0.1, 0.15) is 11.3 Å². The lowest BCUT2D eigenvalue weighted by Gasteiger charge is -2.09. The summed E-state index contributed by atoms with van der Waals surface area (Å²) in [6, 6.07) is 8.58. The summed E-state index contributed by atoms with van der Waals surface area (Å²) in [5.74, 6) is 0.833. The summed E-state index contributed by atoms with van der Waals surface area (Å²) in [4.78, 5) is 7.78. The molecule has 0 aliphatic rings. The van der Waals surface area contributed by atoms with Crippen LogP contribution in [-0.2, 0) is 0 Å². The fourth-order valence-corrected chi connectivity index (χ4v) is 1.40. The Morgan fingerprint density at radius 1 is 1.05 bits per heavy atom. The molecule has 0 amide bonds. The van der Waals surface area contributed by atoms with Crippen LogP contribution in [0, 0.1) is 22.7 Å². The number of nitriles is 2. The lowest BCUT2D eigenvalue weighted by Crippen LogP contribution is -1.96. The number of methoxy groups -OCH3 is 1. The second kappa shape index (κ2) is 5.48. The van der Waals surface area contributed by atoms with Crippen LogP contribution >= 0.6 is 0 Å². The van der Waals surface area contributed by atoms with E-state index in [2.05, 4.69) is 9.97 Å². The lowest BCUT2D eigenvalue weighted by atomic mass is 10.2. The molecule has 0 unspecified atom stereocenters. The van der Waals surface area contributed by atoms with Gasteiger partial charge >= 0.3 is 0 Å². The molecule has 0 aliphatic carbocycles. The summed E-state index contributed by atoms with van der Waals surface area (Å²) in [5, 5.41) is 17.7. The molecule has 0 saturated heterocycles. The SMILES string of the molecule is COc1cc(C#N)ccc1Oc1nccnc1C#N. The second-order valence-electron chi connectivity index (χ2n) is 3.40. The maximum atomic E-state index is 8.90. The van der Waals surface area contributed by atoms with Gasteiger partial charge in [0.1, 0.15) is 6.07 Å². The minimum absolute atomic E-state index is 0.0777. The normalized spacial score (nSPS) is 9.21. The van der Waals surface area contributed by atoms with Crippen molar-refractivity contribution in [3.63, 3.8) is 0 Å². The van der Waals surface area contributed by atoms with E-state index in [1.54, 1.807) is 12.1 Å². The van der Waals surface area contributed by atoms with Gasteiger partial charge in [-0.25, -0.2) is 9.97 Å². The highest BCUT2D eigenvalue weighted by molar-refractivity contribution is 5.48. The van der Waals surface area contributed by atoms with Crippen molar-refractivity contribution >= 4 is 0 Å². The molecule has 1 aromatic heterocycles. The van der Waals surface area contributed by atoms with E-state index < -0.39 is 0 Å². The molecule has 19 heavy (non-hydrogen) atoms. The van der Waals surface area contributed by atoms with E-state index in [4.69, 9.17) is 20.0 Å². The smallest absolute Gasteiger partial charge is 0.256 e. The molecule has 2 rings (SSSR count). The quantitative estimate of drug-likeness (QED) is 0.829. The fraction of sp³-hybridized carbons (Fsp3) is 0.0769. The van der Waals surface area contributed by atoms with Crippen LogP contribution in [0.5, 0.6) is 17.4 Å². The van der Waals surface area contributed by atoms with Gasteiger partial charge in [-0.1, -0.05) is 0 Å². The zero-order valence-electron chi connectivity index (χ0n) is 9.99. The van der Waals surface area contributed by atoms with Crippen LogP contribution < -0.4 is 9.47 Å². The molecule has 0 bridgehead atoms. The van der Waals surface area contributed by atoms with E-state index in [0.29, 0.717) is 17.1 Å². The molecule has 6 nitrogen and oxygen atoms in total. The Morgan fingerprint density at radius 3 is 2.53 bits per heavy atom. The first-order chi connectivity index (χ1) is 9.28. The van der Waals surface area contributed by atoms with Gasteiger partial charge in [0.2, 0.25) is 5.69 Å². The van der Waals surface area contributed by atoms with Gasteiger partial charge in [-0.2, -0.15) is 10.5 Å². The molecule has 2 aromatic rings. The second-order valence-corrected chi connectivity index (χ2v) is 3.40. The summed E-state index contributed by atoms with van der Waals surface area (Å²) >= 11 is 0. The van der Waals surface area contributed by atoms with Crippen LogP contribution in [0.3, 0.4) is 0 Å². The molecule has 0 aliphatic heterocycles. The first-order valence-electron chi connectivity index (χ1n) is 5.25. The third kappa shape index (κ3) is 2.59. The lowest BCUT2D eigenvalue weighted by molar-refractivity contribution is 0.373. The zero-order valence-corrected chi connectivity index (χ0v) is 9.99. The Bertz CT molecular complexity index is 686. The van der Waals surface area contributed by atoms with E-state index in [-0.39, 0.29) is 11.6 Å². The predicted octanol–water partition coefficient (Wildman–Crippen LogP) is 2.02. The fourth-order valence-electron chi connectivity index (χ4n) is 1.40. The van der Waals surface area contributed by atoms with Gasteiger partial charge in [-0.05, 0) is 12.1 Å². The van der Waals surface area contributed by atoms with E-state index in [1.165, 1.54) is 25.6 Å². The average Bonchev–Trinajstić information content (AvgIpc) is 2.48. The Hall–Kier alpha value is -3.12. The standard InChI is InChI=1S/C13H8N4O2/c1-18-12-6-9(7-14)2-3-11(12)19-13-10(8-15)16-4-5-17-13/h2-6H,1H3. The van der Waals surface area contributed by atoms with Crippen LogP contribution in [0.25, 0.3) is 0 Å². The number of benzene rings is 1. The average molecular weight is 252 g/mol. The molecule has 0 fully saturated rings. The molecular weight excluding hydrogens is 244 g/mol. The Balaban J connectivity index is 2.39. The molecule has 1 heterocycles. The molecule has 0 atom stereocenters. The third-order valence-corrected chi connectivity index (χ3v) is 2.27. The maximum absolute atomic E-state index is 8.90. The summed E-state index contributed by atoms with van der Waals surface area (Å²) in [5.41, 5.74) is 0.526. The predicted molar refractivity (Wildman–Crippen MR) is 64.5 cm³/mol. The van der Waals surface area contributed by atoms with Gasteiger partial charge in [0.05, 0.1) is 18.7 Å². The Morgan fingerprint density at radius 2 is 1.84 bits per heavy atom. The molecule has 6 heteroatoms. The van der Waals surface area contributed by atoms with Crippen LogP contribution in [0.2, 0.25) is 0 Å². The largest absolute Gasteiger partial charge is 0.493 e. The highest BCUT2D eigenvalue weighted by Crippen LogP contribution is 2.31. The molecule has 0 spiro atoms. The number of rotatable bonds is 3. The summed E-state index contributed by atoms with van der Waals surface area (Å²) in [6.45, 7) is 0. The van der Waals surface area contributed by atoms with E-state index >= 15 is 0 Å². The summed E-state index contributed by atoms with van der Waals surface area (Å²) in [6.07, 6.45) is 2.83. The molecule has 92 valence electrons. The molecule has 1 aromatic carbocycles.